The number of halogens is 2. The molecule has 0 saturated carbocycles. The molecule has 1 rings (SSSR count). The fourth-order valence-corrected chi connectivity index (χ4v) is 1.93. The van der Waals surface area contributed by atoms with Gasteiger partial charge < -0.3 is 15.8 Å². The van der Waals surface area contributed by atoms with Crippen molar-refractivity contribution in [3.63, 3.8) is 0 Å². The molecule has 0 spiro atoms. The standard InChI is InChI=1S/C13H21F2N3O/c1-4-13(19,5-2)7-18(17)12-9(16)6-8(3)10(14)11(12)15/h6,19H,4-5,7,16-17H2,1-3H3. The second-order valence-electron chi connectivity index (χ2n) is 4.82. The van der Waals surface area contributed by atoms with Gasteiger partial charge in [-0.2, -0.15) is 0 Å². The van der Waals surface area contributed by atoms with Crippen molar-refractivity contribution in [2.75, 3.05) is 17.3 Å². The lowest BCUT2D eigenvalue weighted by atomic mass is 9.97. The molecule has 6 heteroatoms. The lowest BCUT2D eigenvalue weighted by Gasteiger charge is -2.32. The minimum absolute atomic E-state index is 0.0242. The fourth-order valence-electron chi connectivity index (χ4n) is 1.93. The Labute approximate surface area is 112 Å². The number of rotatable bonds is 5. The molecule has 0 fully saturated rings. The van der Waals surface area contributed by atoms with E-state index in [2.05, 4.69) is 0 Å². The molecule has 108 valence electrons. The maximum atomic E-state index is 13.9. The Morgan fingerprint density at radius 3 is 2.26 bits per heavy atom. The van der Waals surface area contributed by atoms with Crippen molar-refractivity contribution in [3.05, 3.63) is 23.3 Å². The van der Waals surface area contributed by atoms with E-state index in [-0.39, 0.29) is 23.5 Å². The predicted molar refractivity (Wildman–Crippen MR) is 72.6 cm³/mol. The molecule has 0 aliphatic carbocycles. The van der Waals surface area contributed by atoms with Gasteiger partial charge in [0, 0.05) is 0 Å². The first-order valence-electron chi connectivity index (χ1n) is 6.24. The minimum Gasteiger partial charge on any atom is -0.397 e. The van der Waals surface area contributed by atoms with E-state index in [9.17, 15) is 13.9 Å². The molecule has 0 heterocycles. The van der Waals surface area contributed by atoms with Crippen LogP contribution in [0.5, 0.6) is 0 Å². The molecule has 0 saturated heterocycles. The van der Waals surface area contributed by atoms with Crippen LogP contribution in [0.15, 0.2) is 6.07 Å². The highest BCUT2D eigenvalue weighted by Crippen LogP contribution is 2.31. The van der Waals surface area contributed by atoms with Crippen molar-refractivity contribution in [3.8, 4) is 0 Å². The van der Waals surface area contributed by atoms with Gasteiger partial charge in [0.15, 0.2) is 11.6 Å². The second-order valence-corrected chi connectivity index (χ2v) is 4.82. The molecule has 4 nitrogen and oxygen atoms in total. The second kappa shape index (κ2) is 5.71. The van der Waals surface area contributed by atoms with E-state index in [1.54, 1.807) is 13.8 Å². The maximum absolute atomic E-state index is 13.9. The summed E-state index contributed by atoms with van der Waals surface area (Å²) < 4.78 is 27.5. The van der Waals surface area contributed by atoms with Crippen molar-refractivity contribution in [2.45, 2.75) is 39.2 Å². The van der Waals surface area contributed by atoms with Crippen LogP contribution in [0.4, 0.5) is 20.2 Å². The Morgan fingerprint density at radius 1 is 1.26 bits per heavy atom. The van der Waals surface area contributed by atoms with Gasteiger partial charge in [-0.15, -0.1) is 0 Å². The number of aryl methyl sites for hydroxylation is 1. The van der Waals surface area contributed by atoms with Gasteiger partial charge in [-0.1, -0.05) is 13.8 Å². The van der Waals surface area contributed by atoms with Crippen LogP contribution in [0.1, 0.15) is 32.3 Å². The molecule has 0 bridgehead atoms. The maximum Gasteiger partial charge on any atom is 0.185 e. The molecule has 5 N–H and O–H groups in total. The highest BCUT2D eigenvalue weighted by atomic mass is 19.2. The summed E-state index contributed by atoms with van der Waals surface area (Å²) in [5, 5.41) is 11.2. The Hall–Kier alpha value is -1.40. The van der Waals surface area contributed by atoms with Crippen molar-refractivity contribution in [1.29, 1.82) is 0 Å². The quantitative estimate of drug-likeness (QED) is 0.436. The molecule has 1 aromatic carbocycles. The number of nitrogen functional groups attached to an aromatic ring is 1. The molecular formula is C13H21F2N3O. The molecule has 0 amide bonds. The number of hydrazine groups is 1. The molecule has 1 aromatic rings. The highest BCUT2D eigenvalue weighted by Gasteiger charge is 2.28. The Morgan fingerprint density at radius 2 is 1.79 bits per heavy atom. The van der Waals surface area contributed by atoms with Gasteiger partial charge in [0.2, 0.25) is 0 Å². The van der Waals surface area contributed by atoms with E-state index in [4.69, 9.17) is 11.6 Å². The van der Waals surface area contributed by atoms with E-state index in [1.165, 1.54) is 13.0 Å². The SMILES string of the molecule is CCC(O)(CC)CN(N)c1c(N)cc(C)c(F)c1F. The Bertz CT molecular complexity index is 462. The average Bonchev–Trinajstić information content (AvgIpc) is 2.35. The lowest BCUT2D eigenvalue weighted by molar-refractivity contribution is 0.0392. The van der Waals surface area contributed by atoms with E-state index >= 15 is 0 Å². The van der Waals surface area contributed by atoms with Crippen molar-refractivity contribution in [1.82, 2.24) is 0 Å². The first kappa shape index (κ1) is 15.7. The van der Waals surface area contributed by atoms with Crippen molar-refractivity contribution >= 4 is 11.4 Å². The van der Waals surface area contributed by atoms with Gasteiger partial charge in [-0.05, 0) is 31.4 Å². The Kier molecular flexibility index (Phi) is 4.70. The average molecular weight is 273 g/mol. The summed E-state index contributed by atoms with van der Waals surface area (Å²) in [6.07, 6.45) is 0.903. The summed E-state index contributed by atoms with van der Waals surface area (Å²) in [4.78, 5) is 0. The lowest BCUT2D eigenvalue weighted by Crippen LogP contribution is -2.46. The van der Waals surface area contributed by atoms with Crippen LogP contribution in [0.3, 0.4) is 0 Å². The normalized spacial score (nSPS) is 11.7. The van der Waals surface area contributed by atoms with E-state index < -0.39 is 17.2 Å². The summed E-state index contributed by atoms with van der Waals surface area (Å²) in [6.45, 7) is 5.00. The third kappa shape index (κ3) is 3.13. The third-order valence-electron chi connectivity index (χ3n) is 3.46. The first-order chi connectivity index (χ1) is 8.75. The van der Waals surface area contributed by atoms with Crippen LogP contribution in [0.2, 0.25) is 0 Å². The molecular weight excluding hydrogens is 252 g/mol. The summed E-state index contributed by atoms with van der Waals surface area (Å²) in [7, 11) is 0. The topological polar surface area (TPSA) is 75.5 Å². The number of anilines is 2. The smallest absolute Gasteiger partial charge is 0.185 e. The highest BCUT2D eigenvalue weighted by molar-refractivity contribution is 5.69. The summed E-state index contributed by atoms with van der Waals surface area (Å²) in [5.41, 5.74) is 4.57. The number of hydrogen-bond donors (Lipinski definition) is 3. The zero-order valence-electron chi connectivity index (χ0n) is 11.5. The largest absolute Gasteiger partial charge is 0.397 e. The first-order valence-corrected chi connectivity index (χ1v) is 6.24. The van der Waals surface area contributed by atoms with Crippen LogP contribution in [0, 0.1) is 18.6 Å². The Balaban J connectivity index is 3.14. The molecule has 0 aliphatic heterocycles. The number of hydrogen-bond acceptors (Lipinski definition) is 4. The fraction of sp³-hybridized carbons (Fsp3) is 0.538. The van der Waals surface area contributed by atoms with Crippen molar-refractivity contribution < 1.29 is 13.9 Å². The van der Waals surface area contributed by atoms with E-state index in [0.29, 0.717) is 12.8 Å². The van der Waals surface area contributed by atoms with Crippen LogP contribution in [-0.4, -0.2) is 17.3 Å². The molecule has 19 heavy (non-hydrogen) atoms. The summed E-state index contributed by atoms with van der Waals surface area (Å²) in [6, 6.07) is 1.32. The van der Waals surface area contributed by atoms with Gasteiger partial charge in [0.05, 0.1) is 17.8 Å². The number of aliphatic hydroxyl groups is 1. The van der Waals surface area contributed by atoms with E-state index in [0.717, 1.165) is 5.01 Å². The van der Waals surface area contributed by atoms with Gasteiger partial charge in [0.1, 0.15) is 5.69 Å². The van der Waals surface area contributed by atoms with Gasteiger partial charge in [-0.25, -0.2) is 14.6 Å². The van der Waals surface area contributed by atoms with Crippen LogP contribution in [-0.2, 0) is 0 Å². The summed E-state index contributed by atoms with van der Waals surface area (Å²) >= 11 is 0. The zero-order chi connectivity index (χ0) is 14.8. The van der Waals surface area contributed by atoms with Crippen LogP contribution in [0.25, 0.3) is 0 Å². The number of nitrogens with two attached hydrogens (primary N) is 2. The molecule has 0 aromatic heterocycles. The van der Waals surface area contributed by atoms with Crippen LogP contribution >= 0.6 is 0 Å². The third-order valence-corrected chi connectivity index (χ3v) is 3.46. The van der Waals surface area contributed by atoms with Crippen LogP contribution < -0.4 is 16.6 Å². The van der Waals surface area contributed by atoms with Gasteiger partial charge in [0.25, 0.3) is 0 Å². The molecule has 0 radical (unpaired) electrons. The minimum atomic E-state index is -1.09. The monoisotopic (exact) mass is 273 g/mol. The molecule has 0 aliphatic rings. The molecule has 0 unspecified atom stereocenters. The van der Waals surface area contributed by atoms with Gasteiger partial charge in [-0.3, -0.25) is 0 Å². The zero-order valence-corrected chi connectivity index (χ0v) is 11.5. The van der Waals surface area contributed by atoms with E-state index in [1.807, 2.05) is 0 Å². The molecule has 0 atom stereocenters. The predicted octanol–water partition coefficient (Wildman–Crippen LogP) is 2.09. The van der Waals surface area contributed by atoms with Gasteiger partial charge >= 0.3 is 0 Å². The van der Waals surface area contributed by atoms with Crippen molar-refractivity contribution in [2.24, 2.45) is 5.84 Å². The number of benzene rings is 1. The number of nitrogens with zero attached hydrogens (tertiary/aromatic N) is 1. The summed E-state index contributed by atoms with van der Waals surface area (Å²) in [5.74, 6) is 3.68.